The van der Waals surface area contributed by atoms with Crippen LogP contribution in [0.2, 0.25) is 0 Å². The molecule has 1 saturated carbocycles. The van der Waals surface area contributed by atoms with Gasteiger partial charge in [-0.25, -0.2) is 0 Å². The smallest absolute Gasteiger partial charge is 0.292 e. The van der Waals surface area contributed by atoms with Crippen LogP contribution in [0, 0.1) is 0 Å². The highest BCUT2D eigenvalue weighted by molar-refractivity contribution is 6.41. The predicted octanol–water partition coefficient (Wildman–Crippen LogP) is 3.37. The van der Waals surface area contributed by atoms with Crippen LogP contribution < -0.4 is 10.6 Å². The van der Waals surface area contributed by atoms with Crippen molar-refractivity contribution in [2.75, 3.05) is 0 Å². The maximum absolute atomic E-state index is 12.5. The van der Waals surface area contributed by atoms with E-state index in [0.29, 0.717) is 6.54 Å². The Kier molecular flexibility index (Phi) is 4.80. The van der Waals surface area contributed by atoms with E-state index in [4.69, 9.17) is 0 Å². The average Bonchev–Trinajstić information content (AvgIpc) is 3.14. The van der Waals surface area contributed by atoms with Gasteiger partial charge in [0.2, 0.25) is 5.78 Å². The maximum Gasteiger partial charge on any atom is 0.292 e. The van der Waals surface area contributed by atoms with E-state index in [0.717, 1.165) is 36.1 Å². The topological polar surface area (TPSA) is 58.2 Å². The number of hydrogen-bond donors (Lipinski definition) is 2. The SMILES string of the molecule is O=C(C=C1NC2(CCCC2)Cc2ccccc21)C(=O)NCc1ccccc1. The fourth-order valence-electron chi connectivity index (χ4n) is 4.23. The second-order valence-electron chi connectivity index (χ2n) is 7.54. The molecule has 1 amide bonds. The van der Waals surface area contributed by atoms with Gasteiger partial charge in [0, 0.05) is 29.4 Å². The number of nitrogens with one attached hydrogen (secondary N) is 2. The van der Waals surface area contributed by atoms with Crippen molar-refractivity contribution in [3.05, 3.63) is 77.4 Å². The summed E-state index contributed by atoms with van der Waals surface area (Å²) in [5, 5.41) is 6.32. The quantitative estimate of drug-likeness (QED) is 0.649. The van der Waals surface area contributed by atoms with Crippen LogP contribution in [-0.2, 0) is 22.6 Å². The molecule has 4 rings (SSSR count). The lowest BCUT2D eigenvalue weighted by Gasteiger charge is -2.38. The third kappa shape index (κ3) is 3.80. The summed E-state index contributed by atoms with van der Waals surface area (Å²) in [5.74, 6) is -1.09. The Morgan fingerprint density at radius 1 is 1.00 bits per heavy atom. The molecule has 2 N–H and O–H groups in total. The molecule has 0 saturated heterocycles. The summed E-state index contributed by atoms with van der Waals surface area (Å²) >= 11 is 0. The van der Waals surface area contributed by atoms with Gasteiger partial charge >= 0.3 is 0 Å². The fraction of sp³-hybridized carbons (Fsp3) is 0.304. The lowest BCUT2D eigenvalue weighted by molar-refractivity contribution is -0.135. The van der Waals surface area contributed by atoms with Gasteiger partial charge < -0.3 is 10.6 Å². The number of hydrogen-bond acceptors (Lipinski definition) is 3. The van der Waals surface area contributed by atoms with Crippen LogP contribution in [0.15, 0.2) is 60.7 Å². The zero-order valence-corrected chi connectivity index (χ0v) is 15.3. The first kappa shape index (κ1) is 17.5. The first-order valence-electron chi connectivity index (χ1n) is 9.59. The van der Waals surface area contributed by atoms with Crippen LogP contribution in [0.25, 0.3) is 5.70 Å². The van der Waals surface area contributed by atoms with Crippen LogP contribution in [0.4, 0.5) is 0 Å². The average molecular weight is 360 g/mol. The zero-order chi connectivity index (χ0) is 18.7. The van der Waals surface area contributed by atoms with Crippen molar-refractivity contribution in [2.24, 2.45) is 0 Å². The molecule has 0 atom stereocenters. The van der Waals surface area contributed by atoms with Crippen molar-refractivity contribution in [3.8, 4) is 0 Å². The number of rotatable bonds is 4. The number of carbonyl (C=O) groups is 2. The molecule has 27 heavy (non-hydrogen) atoms. The van der Waals surface area contributed by atoms with E-state index in [1.807, 2.05) is 48.5 Å². The third-order valence-corrected chi connectivity index (χ3v) is 5.59. The molecule has 0 unspecified atom stereocenters. The minimum absolute atomic E-state index is 0.0288. The highest BCUT2D eigenvalue weighted by atomic mass is 16.2. The molecule has 1 aliphatic heterocycles. The molecule has 0 radical (unpaired) electrons. The molecule has 2 aromatic rings. The van der Waals surface area contributed by atoms with Crippen molar-refractivity contribution >= 4 is 17.4 Å². The van der Waals surface area contributed by atoms with Crippen molar-refractivity contribution in [2.45, 2.75) is 44.2 Å². The molecule has 1 aliphatic carbocycles. The number of carbonyl (C=O) groups excluding carboxylic acids is 2. The van der Waals surface area contributed by atoms with Crippen LogP contribution in [0.5, 0.6) is 0 Å². The van der Waals surface area contributed by atoms with Gasteiger partial charge in [0.15, 0.2) is 0 Å². The first-order chi connectivity index (χ1) is 13.2. The van der Waals surface area contributed by atoms with Gasteiger partial charge in [0.1, 0.15) is 0 Å². The maximum atomic E-state index is 12.5. The Morgan fingerprint density at radius 3 is 2.48 bits per heavy atom. The molecule has 2 aliphatic rings. The van der Waals surface area contributed by atoms with E-state index in [9.17, 15) is 9.59 Å². The lowest BCUT2D eigenvalue weighted by Crippen LogP contribution is -2.47. The Labute approximate surface area is 159 Å². The van der Waals surface area contributed by atoms with E-state index < -0.39 is 11.7 Å². The van der Waals surface area contributed by atoms with E-state index >= 15 is 0 Å². The Bertz CT molecular complexity index is 880. The largest absolute Gasteiger partial charge is 0.379 e. The summed E-state index contributed by atoms with van der Waals surface area (Å²) in [6.07, 6.45) is 7.06. The normalized spacial score (nSPS) is 18.7. The van der Waals surface area contributed by atoms with E-state index in [1.54, 1.807) is 0 Å². The monoisotopic (exact) mass is 360 g/mol. The molecular weight excluding hydrogens is 336 g/mol. The highest BCUT2D eigenvalue weighted by Gasteiger charge is 2.38. The fourth-order valence-corrected chi connectivity index (χ4v) is 4.23. The van der Waals surface area contributed by atoms with Gasteiger partial charge in [-0.3, -0.25) is 9.59 Å². The Balaban J connectivity index is 1.52. The number of ketones is 1. The molecule has 4 nitrogen and oxygen atoms in total. The van der Waals surface area contributed by atoms with Gasteiger partial charge in [-0.2, -0.15) is 0 Å². The molecule has 0 bridgehead atoms. The minimum Gasteiger partial charge on any atom is -0.379 e. The van der Waals surface area contributed by atoms with Gasteiger partial charge in [-0.15, -0.1) is 0 Å². The molecule has 138 valence electrons. The molecule has 0 aromatic heterocycles. The third-order valence-electron chi connectivity index (χ3n) is 5.59. The molecule has 1 fully saturated rings. The zero-order valence-electron chi connectivity index (χ0n) is 15.3. The van der Waals surface area contributed by atoms with Gasteiger partial charge in [-0.05, 0) is 30.4 Å². The predicted molar refractivity (Wildman–Crippen MR) is 106 cm³/mol. The van der Waals surface area contributed by atoms with Crippen molar-refractivity contribution in [3.63, 3.8) is 0 Å². The molecular formula is C23H24N2O2. The molecule has 4 heteroatoms. The minimum atomic E-state index is -0.573. The van der Waals surface area contributed by atoms with E-state index in [-0.39, 0.29) is 5.54 Å². The van der Waals surface area contributed by atoms with Crippen molar-refractivity contribution < 1.29 is 9.59 Å². The molecule has 1 spiro atoms. The van der Waals surface area contributed by atoms with Gasteiger partial charge in [0.25, 0.3) is 5.91 Å². The van der Waals surface area contributed by atoms with E-state index in [2.05, 4.69) is 16.7 Å². The summed E-state index contributed by atoms with van der Waals surface area (Å²) in [4.78, 5) is 24.8. The Hall–Kier alpha value is -2.88. The summed E-state index contributed by atoms with van der Waals surface area (Å²) in [7, 11) is 0. The van der Waals surface area contributed by atoms with Crippen LogP contribution in [0.3, 0.4) is 0 Å². The van der Waals surface area contributed by atoms with Crippen LogP contribution in [-0.4, -0.2) is 17.2 Å². The van der Waals surface area contributed by atoms with Gasteiger partial charge in [-0.1, -0.05) is 67.4 Å². The lowest BCUT2D eigenvalue weighted by atomic mass is 9.82. The summed E-state index contributed by atoms with van der Waals surface area (Å²) in [6.45, 7) is 0.350. The summed E-state index contributed by atoms with van der Waals surface area (Å²) in [6, 6.07) is 17.8. The second-order valence-corrected chi connectivity index (χ2v) is 7.54. The van der Waals surface area contributed by atoms with Crippen molar-refractivity contribution in [1.82, 2.24) is 10.6 Å². The van der Waals surface area contributed by atoms with Crippen molar-refractivity contribution in [1.29, 1.82) is 0 Å². The standard InChI is InChI=1S/C23H24N2O2/c26-21(22(27)24-16-17-8-2-1-3-9-17)14-20-19-11-5-4-10-18(19)15-23(25-20)12-6-7-13-23/h1-5,8-11,14,25H,6-7,12-13,15-16H2,(H,24,27). The van der Waals surface area contributed by atoms with Crippen LogP contribution >= 0.6 is 0 Å². The van der Waals surface area contributed by atoms with E-state index in [1.165, 1.54) is 24.5 Å². The summed E-state index contributed by atoms with van der Waals surface area (Å²) < 4.78 is 0. The number of benzene rings is 2. The Morgan fingerprint density at radius 2 is 1.70 bits per heavy atom. The number of fused-ring (bicyclic) bond motifs is 1. The summed E-state index contributed by atoms with van der Waals surface area (Å²) in [5.41, 5.74) is 4.05. The first-order valence-corrected chi connectivity index (χ1v) is 9.59. The van der Waals surface area contributed by atoms with Gasteiger partial charge in [0.05, 0.1) is 0 Å². The highest BCUT2D eigenvalue weighted by Crippen LogP contribution is 2.39. The molecule has 2 aromatic carbocycles. The second kappa shape index (κ2) is 7.39. The van der Waals surface area contributed by atoms with Crippen LogP contribution in [0.1, 0.15) is 42.4 Å². The molecule has 1 heterocycles. The number of amides is 1.